The summed E-state index contributed by atoms with van der Waals surface area (Å²) in [7, 11) is 0. The van der Waals surface area contributed by atoms with Crippen LogP contribution in [0.4, 0.5) is 34.1 Å². The molecule has 4 aliphatic carbocycles. The van der Waals surface area contributed by atoms with Crippen LogP contribution in [0.5, 0.6) is 0 Å². The fourth-order valence-electron chi connectivity index (χ4n) is 11.4. The number of rotatable bonds is 6. The Morgan fingerprint density at radius 1 is 0.518 bits per heavy atom. The first-order chi connectivity index (χ1) is 27.7. The molecule has 0 spiro atoms. The largest absolute Gasteiger partial charge is 0.453 e. The topological polar surface area (TPSA) is 19.6 Å². The van der Waals surface area contributed by atoms with Crippen molar-refractivity contribution >= 4 is 67.8 Å². The number of anilines is 6. The molecule has 8 aromatic rings. The molecule has 56 heavy (non-hydrogen) atoms. The predicted octanol–water partition coefficient (Wildman–Crippen LogP) is 15.1. The smallest absolute Gasteiger partial charge is 0.159 e. The van der Waals surface area contributed by atoms with E-state index in [9.17, 15) is 0 Å². The summed E-state index contributed by atoms with van der Waals surface area (Å²) < 4.78 is 7.03. The van der Waals surface area contributed by atoms with Crippen LogP contribution in [-0.4, -0.2) is 0 Å². The number of nitrogens with zero attached hydrogens (tertiary/aromatic N) is 2. The van der Waals surface area contributed by atoms with E-state index in [1.165, 1.54) is 59.7 Å². The third-order valence-corrected chi connectivity index (χ3v) is 14.5. The first-order valence-corrected chi connectivity index (χ1v) is 21.2. The summed E-state index contributed by atoms with van der Waals surface area (Å²) >= 11 is 1.84. The SMILES string of the molecule is c1ccc(-c2cccc3c2oc2c(N(c4ccc(N5c6ccccc6Sc6ccccc65)cc4)c4ccc(C56CC7CC(CC(C7)C5)C6)cc4)cccc23)cc1. The highest BCUT2D eigenvalue weighted by Crippen LogP contribution is 2.61. The molecular weight excluding hydrogens is 701 g/mol. The van der Waals surface area contributed by atoms with E-state index in [1.807, 2.05) is 11.8 Å². The van der Waals surface area contributed by atoms with Gasteiger partial charge < -0.3 is 14.2 Å². The second-order valence-corrected chi connectivity index (χ2v) is 17.9. The third-order valence-electron chi connectivity index (χ3n) is 13.4. The van der Waals surface area contributed by atoms with Crippen molar-refractivity contribution in [2.45, 2.75) is 53.7 Å². The first-order valence-electron chi connectivity index (χ1n) is 20.3. The maximum Gasteiger partial charge on any atom is 0.159 e. The first kappa shape index (κ1) is 32.5. The minimum Gasteiger partial charge on any atom is -0.453 e. The van der Waals surface area contributed by atoms with Crippen LogP contribution < -0.4 is 9.80 Å². The van der Waals surface area contributed by atoms with Crippen molar-refractivity contribution < 1.29 is 4.42 Å². The molecule has 0 amide bonds. The average Bonchev–Trinajstić information content (AvgIpc) is 3.63. The highest BCUT2D eigenvalue weighted by atomic mass is 32.2. The fraction of sp³-hybridized carbons (Fsp3) is 0.192. The van der Waals surface area contributed by atoms with Gasteiger partial charge in [-0.3, -0.25) is 0 Å². The van der Waals surface area contributed by atoms with Crippen LogP contribution in [0.25, 0.3) is 33.1 Å². The van der Waals surface area contributed by atoms with Gasteiger partial charge in [0.05, 0.1) is 17.1 Å². The Labute approximate surface area is 332 Å². The molecule has 5 aliphatic rings. The summed E-state index contributed by atoms with van der Waals surface area (Å²) in [6, 6.07) is 60.0. The Morgan fingerprint density at radius 2 is 1.07 bits per heavy atom. The van der Waals surface area contributed by atoms with Crippen LogP contribution in [-0.2, 0) is 5.41 Å². The van der Waals surface area contributed by atoms with Gasteiger partial charge in [0.2, 0.25) is 0 Å². The minimum atomic E-state index is 0.353. The van der Waals surface area contributed by atoms with E-state index in [-0.39, 0.29) is 0 Å². The molecule has 0 unspecified atom stereocenters. The lowest BCUT2D eigenvalue weighted by Gasteiger charge is -2.57. The molecule has 272 valence electrons. The van der Waals surface area contributed by atoms with Gasteiger partial charge in [-0.2, -0.15) is 0 Å². The normalized spacial score (nSPS) is 22.0. The van der Waals surface area contributed by atoms with Crippen LogP contribution in [0, 0.1) is 17.8 Å². The van der Waals surface area contributed by atoms with Crippen LogP contribution >= 0.6 is 11.8 Å². The zero-order valence-electron chi connectivity index (χ0n) is 31.3. The number of hydrogen-bond donors (Lipinski definition) is 0. The summed E-state index contributed by atoms with van der Waals surface area (Å²) in [6.07, 6.45) is 8.48. The minimum absolute atomic E-state index is 0.353. The van der Waals surface area contributed by atoms with Gasteiger partial charge in [0.1, 0.15) is 5.58 Å². The maximum atomic E-state index is 7.03. The van der Waals surface area contributed by atoms with E-state index in [0.717, 1.165) is 73.6 Å². The van der Waals surface area contributed by atoms with Gasteiger partial charge in [-0.15, -0.1) is 0 Å². The van der Waals surface area contributed by atoms with Gasteiger partial charge in [-0.25, -0.2) is 0 Å². The molecule has 0 radical (unpaired) electrons. The molecule has 4 bridgehead atoms. The molecule has 7 aromatic carbocycles. The number of hydrogen-bond acceptors (Lipinski definition) is 4. The summed E-state index contributed by atoms with van der Waals surface area (Å²) in [5.74, 6) is 2.75. The molecule has 4 fully saturated rings. The number of benzene rings is 7. The van der Waals surface area contributed by atoms with Gasteiger partial charge in [0.25, 0.3) is 0 Å². The molecule has 0 N–H and O–H groups in total. The van der Waals surface area contributed by atoms with E-state index < -0.39 is 0 Å². The van der Waals surface area contributed by atoms with E-state index in [2.05, 4.69) is 174 Å². The van der Waals surface area contributed by atoms with Crippen molar-refractivity contribution in [2.75, 3.05) is 9.80 Å². The molecule has 0 saturated heterocycles. The summed E-state index contributed by atoms with van der Waals surface area (Å²) in [4.78, 5) is 7.35. The fourth-order valence-corrected chi connectivity index (χ4v) is 12.5. The maximum absolute atomic E-state index is 7.03. The molecule has 2 heterocycles. The van der Waals surface area contributed by atoms with Crippen LogP contribution in [0.15, 0.2) is 178 Å². The highest BCUT2D eigenvalue weighted by Gasteiger charge is 2.51. The summed E-state index contributed by atoms with van der Waals surface area (Å²) in [5, 5.41) is 2.26. The lowest BCUT2D eigenvalue weighted by molar-refractivity contribution is -0.00518. The highest BCUT2D eigenvalue weighted by molar-refractivity contribution is 7.99. The lowest BCUT2D eigenvalue weighted by atomic mass is 9.48. The zero-order chi connectivity index (χ0) is 36.8. The van der Waals surface area contributed by atoms with Gasteiger partial charge in [-0.1, -0.05) is 109 Å². The lowest BCUT2D eigenvalue weighted by Crippen LogP contribution is -2.48. The number of fused-ring (bicyclic) bond motifs is 5. The predicted molar refractivity (Wildman–Crippen MR) is 232 cm³/mol. The molecule has 3 nitrogen and oxygen atoms in total. The number of furan rings is 1. The van der Waals surface area contributed by atoms with Gasteiger partial charge in [0, 0.05) is 43.2 Å². The quantitative estimate of drug-likeness (QED) is 0.169. The Balaban J connectivity index is 1.00. The van der Waals surface area contributed by atoms with Crippen LogP contribution in [0.1, 0.15) is 44.1 Å². The molecule has 13 rings (SSSR count). The summed E-state index contributed by atoms with van der Waals surface area (Å²) in [5.41, 5.74) is 12.8. The third kappa shape index (κ3) is 5.12. The zero-order valence-corrected chi connectivity index (χ0v) is 32.1. The Kier molecular flexibility index (Phi) is 7.35. The molecule has 4 heteroatoms. The Bertz CT molecular complexity index is 2690. The van der Waals surface area contributed by atoms with E-state index in [4.69, 9.17) is 4.42 Å². The van der Waals surface area contributed by atoms with Gasteiger partial charge >= 0.3 is 0 Å². The van der Waals surface area contributed by atoms with Crippen molar-refractivity contribution in [2.24, 2.45) is 17.8 Å². The Hall–Kier alpha value is -5.71. The molecule has 0 atom stereocenters. The van der Waals surface area contributed by atoms with E-state index >= 15 is 0 Å². The van der Waals surface area contributed by atoms with Crippen molar-refractivity contribution in [3.63, 3.8) is 0 Å². The van der Waals surface area contributed by atoms with Crippen LogP contribution in [0.3, 0.4) is 0 Å². The van der Waals surface area contributed by atoms with Crippen molar-refractivity contribution in [3.8, 4) is 11.1 Å². The average molecular weight is 743 g/mol. The number of para-hydroxylation sites is 4. The van der Waals surface area contributed by atoms with Crippen LogP contribution in [0.2, 0.25) is 0 Å². The van der Waals surface area contributed by atoms with E-state index in [0.29, 0.717) is 5.41 Å². The second kappa shape index (κ2) is 12.7. The standard InChI is InChI=1S/C52H42N2OS/c1-2-10-37(11-3-1)42-12-8-13-43-44-14-9-17-47(51(44)55-50(42)43)53(39-22-20-38(21-23-39)52-31-34-28-35(32-52)30-36(29-34)33-52)40-24-26-41(27-25-40)54-45-15-4-6-18-48(45)56-49-19-7-5-16-46(49)54/h1-27,34-36H,28-33H2. The molecular formula is C52H42N2OS. The van der Waals surface area contributed by atoms with Gasteiger partial charge in [-0.05, 0) is 140 Å². The van der Waals surface area contributed by atoms with E-state index in [1.54, 1.807) is 5.56 Å². The summed E-state index contributed by atoms with van der Waals surface area (Å²) in [6.45, 7) is 0. The molecule has 1 aliphatic heterocycles. The van der Waals surface area contributed by atoms with Gasteiger partial charge in [0.15, 0.2) is 5.58 Å². The monoisotopic (exact) mass is 742 g/mol. The molecule has 1 aromatic heterocycles. The van der Waals surface area contributed by atoms with Crippen molar-refractivity contribution in [3.05, 3.63) is 169 Å². The molecule has 4 saturated carbocycles. The van der Waals surface area contributed by atoms with Crippen molar-refractivity contribution in [1.82, 2.24) is 0 Å². The Morgan fingerprint density at radius 3 is 1.71 bits per heavy atom. The second-order valence-electron chi connectivity index (χ2n) is 16.8. The van der Waals surface area contributed by atoms with Crippen molar-refractivity contribution in [1.29, 1.82) is 0 Å².